The van der Waals surface area contributed by atoms with Crippen LogP contribution in [0.2, 0.25) is 0 Å². The van der Waals surface area contributed by atoms with Gasteiger partial charge in [-0.2, -0.15) is 0 Å². The van der Waals surface area contributed by atoms with E-state index in [1.165, 1.54) is 11.1 Å². The highest BCUT2D eigenvalue weighted by Gasteiger charge is 2.15. The molecule has 1 unspecified atom stereocenters. The summed E-state index contributed by atoms with van der Waals surface area (Å²) in [5.41, 5.74) is 2.42. The average molecular weight is 251 g/mol. The van der Waals surface area contributed by atoms with E-state index < -0.39 is 0 Å². The van der Waals surface area contributed by atoms with E-state index in [4.69, 9.17) is 9.47 Å². The first-order valence-corrected chi connectivity index (χ1v) is 6.68. The van der Waals surface area contributed by atoms with E-state index in [-0.39, 0.29) is 6.04 Å². The molecule has 1 aromatic rings. The molecule has 1 atom stereocenters. The van der Waals surface area contributed by atoms with Crippen LogP contribution in [0.25, 0.3) is 0 Å². The number of methoxy groups -OCH3 is 1. The fraction of sp³-hybridized carbons (Fsp3) is 0.600. The van der Waals surface area contributed by atoms with Gasteiger partial charge >= 0.3 is 0 Å². The van der Waals surface area contributed by atoms with E-state index in [1.54, 1.807) is 7.11 Å². The van der Waals surface area contributed by atoms with Crippen LogP contribution in [0.1, 0.15) is 37.4 Å². The van der Waals surface area contributed by atoms with Gasteiger partial charge in [-0.3, -0.25) is 0 Å². The number of nitrogens with one attached hydrogen (secondary N) is 1. The molecule has 1 aromatic carbocycles. The fourth-order valence-corrected chi connectivity index (χ4v) is 1.98. The molecule has 0 fully saturated rings. The Bertz CT molecular complexity index is 352. The van der Waals surface area contributed by atoms with Crippen molar-refractivity contribution in [1.82, 2.24) is 5.32 Å². The first kappa shape index (κ1) is 15.0. The van der Waals surface area contributed by atoms with E-state index in [2.05, 4.69) is 38.2 Å². The van der Waals surface area contributed by atoms with Gasteiger partial charge in [0.25, 0.3) is 0 Å². The summed E-state index contributed by atoms with van der Waals surface area (Å²) in [6.45, 7) is 8.72. The van der Waals surface area contributed by atoms with Crippen LogP contribution in [-0.2, 0) is 4.74 Å². The molecule has 0 bridgehead atoms. The first-order chi connectivity index (χ1) is 8.72. The molecule has 0 saturated carbocycles. The molecule has 0 aliphatic heterocycles. The van der Waals surface area contributed by atoms with Crippen LogP contribution < -0.4 is 10.1 Å². The Balaban J connectivity index is 2.85. The zero-order chi connectivity index (χ0) is 13.4. The van der Waals surface area contributed by atoms with Crippen molar-refractivity contribution in [1.29, 1.82) is 0 Å². The Morgan fingerprint density at radius 2 is 2.06 bits per heavy atom. The van der Waals surface area contributed by atoms with Gasteiger partial charge in [-0.1, -0.05) is 31.5 Å². The first-order valence-electron chi connectivity index (χ1n) is 6.68. The summed E-state index contributed by atoms with van der Waals surface area (Å²) in [5.74, 6) is 0.923. The quantitative estimate of drug-likeness (QED) is 0.720. The minimum Gasteiger partial charge on any atom is -0.496 e. The maximum Gasteiger partial charge on any atom is 0.123 e. The SMILES string of the molecule is CCCOCC(NCC)c1cc(C)ccc1OC. The molecular formula is C15H25NO2. The van der Waals surface area contributed by atoms with Crippen molar-refractivity contribution in [2.45, 2.75) is 33.2 Å². The minimum absolute atomic E-state index is 0.191. The topological polar surface area (TPSA) is 30.5 Å². The number of likely N-dealkylation sites (N-methyl/N-ethyl adjacent to an activating group) is 1. The summed E-state index contributed by atoms with van der Waals surface area (Å²) in [5, 5.41) is 3.45. The van der Waals surface area contributed by atoms with Crippen LogP contribution in [0.3, 0.4) is 0 Å². The van der Waals surface area contributed by atoms with Crippen LogP contribution in [0.15, 0.2) is 18.2 Å². The molecule has 1 rings (SSSR count). The standard InChI is InChI=1S/C15H25NO2/c1-5-9-18-11-14(16-6-2)13-10-12(3)7-8-15(13)17-4/h7-8,10,14,16H,5-6,9,11H2,1-4H3. The molecule has 18 heavy (non-hydrogen) atoms. The Kier molecular flexibility index (Phi) is 6.76. The molecule has 3 heteroatoms. The molecule has 102 valence electrons. The van der Waals surface area contributed by atoms with Gasteiger partial charge in [0.15, 0.2) is 0 Å². The molecule has 0 aliphatic carbocycles. The van der Waals surface area contributed by atoms with Crippen molar-refractivity contribution in [2.24, 2.45) is 0 Å². The third kappa shape index (κ3) is 4.31. The van der Waals surface area contributed by atoms with E-state index in [0.29, 0.717) is 6.61 Å². The molecule has 0 heterocycles. The van der Waals surface area contributed by atoms with Gasteiger partial charge in [0, 0.05) is 12.2 Å². The highest BCUT2D eigenvalue weighted by atomic mass is 16.5. The Labute approximate surface area is 110 Å². The molecule has 0 aromatic heterocycles. The highest BCUT2D eigenvalue weighted by Crippen LogP contribution is 2.26. The summed E-state index contributed by atoms with van der Waals surface area (Å²) in [6.07, 6.45) is 1.05. The monoisotopic (exact) mass is 251 g/mol. The number of hydrogen-bond donors (Lipinski definition) is 1. The molecule has 0 saturated heterocycles. The number of ether oxygens (including phenoxy) is 2. The third-order valence-corrected chi connectivity index (χ3v) is 2.84. The third-order valence-electron chi connectivity index (χ3n) is 2.84. The lowest BCUT2D eigenvalue weighted by Gasteiger charge is -2.21. The second-order valence-corrected chi connectivity index (χ2v) is 4.43. The normalized spacial score (nSPS) is 12.4. The Morgan fingerprint density at radius 3 is 2.67 bits per heavy atom. The van der Waals surface area contributed by atoms with E-state index in [0.717, 1.165) is 25.3 Å². The smallest absolute Gasteiger partial charge is 0.123 e. The second kappa shape index (κ2) is 8.11. The van der Waals surface area contributed by atoms with Crippen molar-refractivity contribution < 1.29 is 9.47 Å². The predicted octanol–water partition coefficient (Wildman–Crippen LogP) is 3.08. The molecule has 0 amide bonds. The second-order valence-electron chi connectivity index (χ2n) is 4.43. The summed E-state index contributed by atoms with van der Waals surface area (Å²) in [6, 6.07) is 6.45. The molecular weight excluding hydrogens is 226 g/mol. The molecule has 0 radical (unpaired) electrons. The van der Waals surface area contributed by atoms with Gasteiger partial charge in [0.2, 0.25) is 0 Å². The number of aryl methyl sites for hydroxylation is 1. The Hall–Kier alpha value is -1.06. The van der Waals surface area contributed by atoms with Gasteiger partial charge in [-0.25, -0.2) is 0 Å². The summed E-state index contributed by atoms with van der Waals surface area (Å²) in [4.78, 5) is 0. The number of hydrogen-bond acceptors (Lipinski definition) is 3. The van der Waals surface area contributed by atoms with Crippen LogP contribution in [0.5, 0.6) is 5.75 Å². The number of benzene rings is 1. The van der Waals surface area contributed by atoms with Crippen molar-refractivity contribution in [3.8, 4) is 5.75 Å². The van der Waals surface area contributed by atoms with Gasteiger partial charge in [0.05, 0.1) is 19.8 Å². The average Bonchev–Trinajstić information content (AvgIpc) is 2.38. The van der Waals surface area contributed by atoms with Crippen LogP contribution >= 0.6 is 0 Å². The summed E-state index contributed by atoms with van der Waals surface area (Å²) < 4.78 is 11.1. The predicted molar refractivity (Wildman–Crippen MR) is 75.3 cm³/mol. The van der Waals surface area contributed by atoms with Crippen molar-refractivity contribution in [3.63, 3.8) is 0 Å². The molecule has 1 N–H and O–H groups in total. The van der Waals surface area contributed by atoms with Gasteiger partial charge in [-0.05, 0) is 26.0 Å². The van der Waals surface area contributed by atoms with E-state index in [1.807, 2.05) is 6.07 Å². The lowest BCUT2D eigenvalue weighted by atomic mass is 10.0. The van der Waals surface area contributed by atoms with E-state index in [9.17, 15) is 0 Å². The summed E-state index contributed by atoms with van der Waals surface area (Å²) >= 11 is 0. The maximum absolute atomic E-state index is 5.67. The largest absolute Gasteiger partial charge is 0.496 e. The zero-order valence-electron chi connectivity index (χ0n) is 12.0. The van der Waals surface area contributed by atoms with Gasteiger partial charge in [-0.15, -0.1) is 0 Å². The van der Waals surface area contributed by atoms with Crippen LogP contribution in [-0.4, -0.2) is 26.9 Å². The minimum atomic E-state index is 0.191. The molecule has 3 nitrogen and oxygen atoms in total. The lowest BCUT2D eigenvalue weighted by Crippen LogP contribution is -2.26. The molecule has 0 aliphatic rings. The maximum atomic E-state index is 5.67. The lowest BCUT2D eigenvalue weighted by molar-refractivity contribution is 0.111. The summed E-state index contributed by atoms with van der Waals surface area (Å²) in [7, 11) is 1.71. The van der Waals surface area contributed by atoms with Crippen molar-refractivity contribution >= 4 is 0 Å². The highest BCUT2D eigenvalue weighted by molar-refractivity contribution is 5.39. The fourth-order valence-electron chi connectivity index (χ4n) is 1.98. The number of rotatable bonds is 8. The zero-order valence-corrected chi connectivity index (χ0v) is 12.0. The van der Waals surface area contributed by atoms with E-state index >= 15 is 0 Å². The van der Waals surface area contributed by atoms with Gasteiger partial charge < -0.3 is 14.8 Å². The Morgan fingerprint density at radius 1 is 1.28 bits per heavy atom. The van der Waals surface area contributed by atoms with Crippen LogP contribution in [0.4, 0.5) is 0 Å². The van der Waals surface area contributed by atoms with Gasteiger partial charge in [0.1, 0.15) is 5.75 Å². The van der Waals surface area contributed by atoms with Crippen molar-refractivity contribution in [3.05, 3.63) is 29.3 Å². The molecule has 0 spiro atoms. The van der Waals surface area contributed by atoms with Crippen molar-refractivity contribution in [2.75, 3.05) is 26.9 Å². The van der Waals surface area contributed by atoms with Crippen LogP contribution in [0, 0.1) is 6.92 Å².